The number of carbonyl (C=O) groups is 1. The Balaban J connectivity index is 1.43. The lowest BCUT2D eigenvalue weighted by atomic mass is 9.81. The van der Waals surface area contributed by atoms with E-state index in [1.54, 1.807) is 37.4 Å². The van der Waals surface area contributed by atoms with E-state index in [-0.39, 0.29) is 17.7 Å². The number of ether oxygens (including phenoxy) is 1. The number of nitrogens with zero attached hydrogens (tertiary/aromatic N) is 7. The number of aromatic nitrogens is 6. The molecule has 0 saturated heterocycles. The van der Waals surface area contributed by atoms with Crippen molar-refractivity contribution in [1.82, 2.24) is 29.5 Å². The zero-order valence-corrected chi connectivity index (χ0v) is 20.8. The highest BCUT2D eigenvalue weighted by Gasteiger charge is 2.31. The van der Waals surface area contributed by atoms with Gasteiger partial charge < -0.3 is 15.4 Å². The first kappa shape index (κ1) is 24.0. The minimum atomic E-state index is -0.0376. The largest absolute Gasteiger partial charge is 0.494 e. The number of nitrogens with one attached hydrogen (secondary N) is 2. The van der Waals surface area contributed by atoms with Crippen molar-refractivity contribution in [3.05, 3.63) is 54.6 Å². The summed E-state index contributed by atoms with van der Waals surface area (Å²) in [5.41, 5.74) is 2.45. The predicted molar refractivity (Wildman–Crippen MR) is 138 cm³/mol. The molecule has 11 nitrogen and oxygen atoms in total. The van der Waals surface area contributed by atoms with Gasteiger partial charge in [0.25, 0.3) is 0 Å². The van der Waals surface area contributed by atoms with Gasteiger partial charge in [0.2, 0.25) is 0 Å². The Labute approximate surface area is 214 Å². The van der Waals surface area contributed by atoms with Crippen LogP contribution in [0.2, 0.25) is 0 Å². The molecule has 3 heterocycles. The van der Waals surface area contributed by atoms with Gasteiger partial charge >= 0.3 is 0 Å². The van der Waals surface area contributed by atoms with Crippen molar-refractivity contribution in [2.45, 2.75) is 32.2 Å². The number of nitriles is 1. The molecule has 0 unspecified atom stereocenters. The van der Waals surface area contributed by atoms with Gasteiger partial charge in [-0.1, -0.05) is 13.0 Å². The first-order valence-electron chi connectivity index (χ1n) is 12.0. The average molecular weight is 498 g/mol. The Bertz CT molecular complexity index is 1480. The number of para-hydroxylation sites is 1. The van der Waals surface area contributed by atoms with Crippen LogP contribution in [0.4, 0.5) is 23.0 Å². The number of benzene rings is 1. The monoisotopic (exact) mass is 497 g/mol. The van der Waals surface area contributed by atoms with Crippen molar-refractivity contribution in [3.63, 3.8) is 0 Å². The first-order chi connectivity index (χ1) is 18.0. The average Bonchev–Trinajstić information content (AvgIpc) is 3.52. The number of hydrogen-bond donors (Lipinski definition) is 2. The van der Waals surface area contributed by atoms with Crippen LogP contribution >= 0.6 is 0 Å². The van der Waals surface area contributed by atoms with Crippen LogP contribution in [0, 0.1) is 17.2 Å². The minimum absolute atomic E-state index is 0.0376. The molecule has 188 valence electrons. The summed E-state index contributed by atoms with van der Waals surface area (Å²) < 4.78 is 9.23. The predicted octanol–water partition coefficient (Wildman–Crippen LogP) is 4.64. The van der Waals surface area contributed by atoms with Gasteiger partial charge in [0.15, 0.2) is 23.2 Å². The van der Waals surface area contributed by atoms with E-state index in [9.17, 15) is 4.79 Å². The molecule has 0 aliphatic heterocycles. The second-order valence-electron chi connectivity index (χ2n) is 8.90. The van der Waals surface area contributed by atoms with Crippen LogP contribution in [0.25, 0.3) is 11.4 Å². The van der Waals surface area contributed by atoms with Gasteiger partial charge in [-0.05, 0) is 25.0 Å². The number of carbonyl (C=O) groups excluding carboxylic acids is 1. The van der Waals surface area contributed by atoms with Crippen molar-refractivity contribution >= 4 is 28.8 Å². The summed E-state index contributed by atoms with van der Waals surface area (Å²) in [6.45, 7) is 1.82. The van der Waals surface area contributed by atoms with Crippen molar-refractivity contribution in [2.24, 2.45) is 13.0 Å². The molecular formula is C26H27N9O2. The molecule has 2 N–H and O–H groups in total. The molecular weight excluding hydrogens is 470 g/mol. The maximum atomic E-state index is 12.7. The van der Waals surface area contributed by atoms with Gasteiger partial charge in [-0.15, -0.1) is 0 Å². The summed E-state index contributed by atoms with van der Waals surface area (Å²) in [5.74, 6) is 2.33. The van der Waals surface area contributed by atoms with Crippen molar-refractivity contribution in [1.29, 1.82) is 5.26 Å². The Morgan fingerprint density at radius 2 is 2.00 bits per heavy atom. The molecule has 1 saturated carbocycles. The fourth-order valence-corrected chi connectivity index (χ4v) is 4.33. The zero-order valence-electron chi connectivity index (χ0n) is 20.8. The molecule has 1 aliphatic rings. The van der Waals surface area contributed by atoms with E-state index >= 15 is 0 Å². The van der Waals surface area contributed by atoms with Crippen molar-refractivity contribution in [3.8, 4) is 23.2 Å². The molecule has 0 spiro atoms. The number of anilines is 4. The third kappa shape index (κ3) is 4.86. The molecule has 1 fully saturated rings. The molecule has 0 radical (unpaired) electrons. The number of pyridine rings is 1. The van der Waals surface area contributed by atoms with Gasteiger partial charge in [0, 0.05) is 38.0 Å². The van der Waals surface area contributed by atoms with Gasteiger partial charge in [-0.3, -0.25) is 14.2 Å². The van der Waals surface area contributed by atoms with Crippen LogP contribution in [0.3, 0.4) is 0 Å². The lowest BCUT2D eigenvalue weighted by Gasteiger charge is -2.30. The van der Waals surface area contributed by atoms with Gasteiger partial charge in [-0.25, -0.2) is 9.97 Å². The molecule has 37 heavy (non-hydrogen) atoms. The molecule has 11 heteroatoms. The fraction of sp³-hybridized carbons (Fsp3) is 0.308. The smallest absolute Gasteiger partial charge is 0.184 e. The van der Waals surface area contributed by atoms with E-state index < -0.39 is 0 Å². The molecule has 4 aromatic rings. The van der Waals surface area contributed by atoms with E-state index in [0.29, 0.717) is 46.6 Å². The summed E-state index contributed by atoms with van der Waals surface area (Å²) in [6.07, 6.45) is 7.05. The Hall–Kier alpha value is -4.72. The highest BCUT2D eigenvalue weighted by atomic mass is 16.5. The highest BCUT2D eigenvalue weighted by molar-refractivity contribution is 6.02. The topological polar surface area (TPSA) is 136 Å². The number of aryl methyl sites for hydroxylation is 1. The van der Waals surface area contributed by atoms with Crippen molar-refractivity contribution in [2.75, 3.05) is 17.7 Å². The molecule has 0 bridgehead atoms. The van der Waals surface area contributed by atoms with E-state index in [1.165, 1.54) is 0 Å². The maximum absolute atomic E-state index is 12.7. The SMILES string of the molecule is CCC(=O)c1cnc(Nc2ccn([C@H]3C[C@@H](C#N)C3)n2)cc1Nc1cccc(-c2ncn(C)n2)c1OC. The van der Waals surface area contributed by atoms with Crippen LogP contribution in [0.1, 0.15) is 42.6 Å². The van der Waals surface area contributed by atoms with E-state index in [2.05, 4.69) is 36.9 Å². The van der Waals surface area contributed by atoms with E-state index in [4.69, 9.17) is 10.00 Å². The highest BCUT2D eigenvalue weighted by Crippen LogP contribution is 2.38. The van der Waals surface area contributed by atoms with Crippen LogP contribution in [-0.4, -0.2) is 42.4 Å². The molecule has 0 atom stereocenters. The lowest BCUT2D eigenvalue weighted by molar-refractivity contribution is 0.0988. The second kappa shape index (κ2) is 10.1. The molecule has 0 amide bonds. The summed E-state index contributed by atoms with van der Waals surface area (Å²) >= 11 is 0. The van der Waals surface area contributed by atoms with Crippen LogP contribution in [0.5, 0.6) is 5.75 Å². The summed E-state index contributed by atoms with van der Waals surface area (Å²) in [7, 11) is 3.39. The lowest BCUT2D eigenvalue weighted by Crippen LogP contribution is -2.26. The summed E-state index contributed by atoms with van der Waals surface area (Å²) in [4.78, 5) is 21.5. The fourth-order valence-electron chi connectivity index (χ4n) is 4.33. The third-order valence-electron chi connectivity index (χ3n) is 6.39. The van der Waals surface area contributed by atoms with E-state index in [1.807, 2.05) is 42.1 Å². The van der Waals surface area contributed by atoms with E-state index in [0.717, 1.165) is 18.4 Å². The third-order valence-corrected chi connectivity index (χ3v) is 6.39. The Morgan fingerprint density at radius 1 is 1.16 bits per heavy atom. The molecule has 3 aromatic heterocycles. The summed E-state index contributed by atoms with van der Waals surface area (Å²) in [6, 6.07) is 11.8. The van der Waals surface area contributed by atoms with Crippen LogP contribution in [-0.2, 0) is 7.05 Å². The first-order valence-corrected chi connectivity index (χ1v) is 12.0. The van der Waals surface area contributed by atoms with Gasteiger partial charge in [0.05, 0.1) is 47.6 Å². The molecule has 5 rings (SSSR count). The standard InChI is InChI=1S/C26H27N9O2/c1-4-22(36)19-14-28-24(31-23-8-9-35(32-23)17-10-16(11-17)13-27)12-21(19)30-20-7-5-6-18(25(20)37-3)26-29-15-34(2)33-26/h5-9,12,14-17H,4,10-11H2,1-3H3,(H2,28,30,31,32)/t16-,17+. The van der Waals surface area contributed by atoms with Gasteiger partial charge in [-0.2, -0.15) is 15.5 Å². The molecule has 1 aromatic carbocycles. The number of methoxy groups -OCH3 is 1. The summed E-state index contributed by atoms with van der Waals surface area (Å²) in [5, 5.41) is 24.6. The number of Topliss-reactive ketones (excluding diaryl/α,β-unsaturated/α-hetero) is 1. The second-order valence-corrected chi connectivity index (χ2v) is 8.90. The number of rotatable bonds is 9. The number of ketones is 1. The normalized spacial score (nSPS) is 16.5. The quantitative estimate of drug-likeness (QED) is 0.317. The molecule has 1 aliphatic carbocycles. The Kier molecular flexibility index (Phi) is 6.55. The van der Waals surface area contributed by atoms with Gasteiger partial charge in [0.1, 0.15) is 12.1 Å². The minimum Gasteiger partial charge on any atom is -0.494 e. The Morgan fingerprint density at radius 3 is 2.70 bits per heavy atom. The van der Waals surface area contributed by atoms with Crippen LogP contribution in [0.15, 0.2) is 49.1 Å². The maximum Gasteiger partial charge on any atom is 0.184 e. The number of hydrogen-bond acceptors (Lipinski definition) is 9. The zero-order chi connectivity index (χ0) is 25.9. The van der Waals surface area contributed by atoms with Crippen molar-refractivity contribution < 1.29 is 9.53 Å². The van der Waals surface area contributed by atoms with Crippen LogP contribution < -0.4 is 15.4 Å².